The Morgan fingerprint density at radius 1 is 1.15 bits per heavy atom. The SMILES string of the molecule is CC(C)c1cc(CN)cc(OCc2ccc(Br)cc2)n1. The highest BCUT2D eigenvalue weighted by Gasteiger charge is 2.07. The number of halogens is 1. The van der Waals surface area contributed by atoms with Crippen molar-refractivity contribution in [3.8, 4) is 5.88 Å². The summed E-state index contributed by atoms with van der Waals surface area (Å²) in [6, 6.07) is 12.0. The van der Waals surface area contributed by atoms with Crippen LogP contribution in [0.3, 0.4) is 0 Å². The Balaban J connectivity index is 2.12. The van der Waals surface area contributed by atoms with Crippen molar-refractivity contribution in [2.45, 2.75) is 32.9 Å². The van der Waals surface area contributed by atoms with Gasteiger partial charge in [0.05, 0.1) is 0 Å². The number of pyridine rings is 1. The lowest BCUT2D eigenvalue weighted by molar-refractivity contribution is 0.292. The van der Waals surface area contributed by atoms with Crippen molar-refractivity contribution in [3.05, 3.63) is 57.7 Å². The predicted molar refractivity (Wildman–Crippen MR) is 84.7 cm³/mol. The molecule has 4 heteroatoms. The second-order valence-electron chi connectivity index (χ2n) is 5.01. The largest absolute Gasteiger partial charge is 0.473 e. The summed E-state index contributed by atoms with van der Waals surface area (Å²) in [5.74, 6) is 0.996. The first-order chi connectivity index (χ1) is 9.58. The molecule has 3 nitrogen and oxygen atoms in total. The maximum absolute atomic E-state index is 5.78. The molecule has 1 heterocycles. The van der Waals surface area contributed by atoms with E-state index in [1.54, 1.807) is 0 Å². The van der Waals surface area contributed by atoms with E-state index in [1.165, 1.54) is 0 Å². The average molecular weight is 335 g/mol. The summed E-state index contributed by atoms with van der Waals surface area (Å²) in [6.45, 7) is 5.23. The van der Waals surface area contributed by atoms with Crippen LogP contribution >= 0.6 is 15.9 Å². The molecule has 0 amide bonds. The number of nitrogens with two attached hydrogens (primary N) is 1. The first-order valence-electron chi connectivity index (χ1n) is 6.66. The molecule has 0 aliphatic rings. The molecule has 2 N–H and O–H groups in total. The molecule has 0 bridgehead atoms. The number of rotatable bonds is 5. The Morgan fingerprint density at radius 2 is 1.85 bits per heavy atom. The number of aromatic nitrogens is 1. The van der Waals surface area contributed by atoms with Crippen LogP contribution in [0.5, 0.6) is 5.88 Å². The zero-order valence-corrected chi connectivity index (χ0v) is 13.4. The van der Waals surface area contributed by atoms with Gasteiger partial charge in [-0.25, -0.2) is 4.98 Å². The second kappa shape index (κ2) is 6.86. The lowest BCUT2D eigenvalue weighted by atomic mass is 10.1. The van der Waals surface area contributed by atoms with E-state index in [0.29, 0.717) is 24.9 Å². The van der Waals surface area contributed by atoms with Crippen LogP contribution in [0.25, 0.3) is 0 Å². The Bertz CT molecular complexity index is 567. The Kier molecular flexibility index (Phi) is 5.15. The van der Waals surface area contributed by atoms with Crippen molar-refractivity contribution in [2.75, 3.05) is 0 Å². The van der Waals surface area contributed by atoms with E-state index in [-0.39, 0.29) is 0 Å². The maximum atomic E-state index is 5.78. The molecule has 2 rings (SSSR count). The average Bonchev–Trinajstić information content (AvgIpc) is 2.46. The summed E-state index contributed by atoms with van der Waals surface area (Å²) in [5, 5.41) is 0. The summed E-state index contributed by atoms with van der Waals surface area (Å²) >= 11 is 3.42. The molecule has 1 aromatic heterocycles. The molecule has 0 saturated carbocycles. The number of hydrogen-bond donors (Lipinski definition) is 1. The third-order valence-corrected chi connectivity index (χ3v) is 3.54. The highest BCUT2D eigenvalue weighted by Crippen LogP contribution is 2.20. The van der Waals surface area contributed by atoms with Crippen molar-refractivity contribution < 1.29 is 4.74 Å². The minimum absolute atomic E-state index is 0.358. The van der Waals surface area contributed by atoms with E-state index < -0.39 is 0 Å². The summed E-state index contributed by atoms with van der Waals surface area (Å²) in [5.41, 5.74) is 8.90. The lowest BCUT2D eigenvalue weighted by Crippen LogP contribution is -2.04. The van der Waals surface area contributed by atoms with Gasteiger partial charge in [-0.05, 0) is 35.2 Å². The van der Waals surface area contributed by atoms with Gasteiger partial charge in [0.1, 0.15) is 6.61 Å². The van der Waals surface area contributed by atoms with Gasteiger partial charge in [-0.3, -0.25) is 0 Å². The van der Waals surface area contributed by atoms with Crippen LogP contribution in [-0.4, -0.2) is 4.98 Å². The van der Waals surface area contributed by atoms with Gasteiger partial charge in [-0.2, -0.15) is 0 Å². The number of benzene rings is 1. The van der Waals surface area contributed by atoms with Gasteiger partial charge in [0.25, 0.3) is 0 Å². The number of ether oxygens (including phenoxy) is 1. The van der Waals surface area contributed by atoms with Crippen molar-refractivity contribution in [3.63, 3.8) is 0 Å². The van der Waals surface area contributed by atoms with E-state index in [4.69, 9.17) is 10.5 Å². The highest BCUT2D eigenvalue weighted by molar-refractivity contribution is 9.10. The maximum Gasteiger partial charge on any atom is 0.214 e. The molecule has 0 spiro atoms. The lowest BCUT2D eigenvalue weighted by Gasteiger charge is -2.11. The van der Waals surface area contributed by atoms with Crippen LogP contribution < -0.4 is 10.5 Å². The molecule has 106 valence electrons. The molecule has 20 heavy (non-hydrogen) atoms. The van der Waals surface area contributed by atoms with Crippen LogP contribution in [0.4, 0.5) is 0 Å². The van der Waals surface area contributed by atoms with Crippen LogP contribution in [0, 0.1) is 0 Å². The summed E-state index contributed by atoms with van der Waals surface area (Å²) in [4.78, 5) is 4.53. The normalized spacial score (nSPS) is 10.8. The van der Waals surface area contributed by atoms with E-state index in [1.807, 2.05) is 36.4 Å². The molecular formula is C16H19BrN2O. The minimum atomic E-state index is 0.358. The van der Waals surface area contributed by atoms with Gasteiger partial charge in [0.2, 0.25) is 5.88 Å². The van der Waals surface area contributed by atoms with Crippen LogP contribution in [0.2, 0.25) is 0 Å². The number of nitrogens with zero attached hydrogens (tertiary/aromatic N) is 1. The fourth-order valence-electron chi connectivity index (χ4n) is 1.81. The second-order valence-corrected chi connectivity index (χ2v) is 5.93. The van der Waals surface area contributed by atoms with Crippen molar-refractivity contribution in [1.29, 1.82) is 0 Å². The molecule has 0 unspecified atom stereocenters. The quantitative estimate of drug-likeness (QED) is 0.898. The Morgan fingerprint density at radius 3 is 2.45 bits per heavy atom. The van der Waals surface area contributed by atoms with Gasteiger partial charge >= 0.3 is 0 Å². The zero-order valence-electron chi connectivity index (χ0n) is 11.8. The molecule has 0 atom stereocenters. The first-order valence-corrected chi connectivity index (χ1v) is 7.46. The summed E-state index contributed by atoms with van der Waals surface area (Å²) < 4.78 is 6.84. The van der Waals surface area contributed by atoms with Crippen molar-refractivity contribution in [2.24, 2.45) is 5.73 Å². The fraction of sp³-hybridized carbons (Fsp3) is 0.312. The van der Waals surface area contributed by atoms with Crippen LogP contribution in [-0.2, 0) is 13.2 Å². The molecule has 1 aromatic carbocycles. The summed E-state index contributed by atoms with van der Waals surface area (Å²) in [7, 11) is 0. The van der Waals surface area contributed by atoms with E-state index >= 15 is 0 Å². The van der Waals surface area contributed by atoms with Gasteiger partial charge in [-0.1, -0.05) is 41.9 Å². The van der Waals surface area contributed by atoms with Crippen LogP contribution in [0.1, 0.15) is 36.6 Å². The molecular weight excluding hydrogens is 316 g/mol. The standard InChI is InChI=1S/C16H19BrN2O/c1-11(2)15-7-13(9-18)8-16(19-15)20-10-12-3-5-14(17)6-4-12/h3-8,11H,9-10,18H2,1-2H3. The van der Waals surface area contributed by atoms with Gasteiger partial charge in [0, 0.05) is 22.8 Å². The van der Waals surface area contributed by atoms with E-state index in [9.17, 15) is 0 Å². The molecule has 0 fully saturated rings. The topological polar surface area (TPSA) is 48.1 Å². The third kappa shape index (κ3) is 4.05. The van der Waals surface area contributed by atoms with Gasteiger partial charge < -0.3 is 10.5 Å². The Labute approximate surface area is 128 Å². The first kappa shape index (κ1) is 15.0. The molecule has 2 aromatic rings. The van der Waals surface area contributed by atoms with Gasteiger partial charge in [0.15, 0.2) is 0 Å². The third-order valence-electron chi connectivity index (χ3n) is 3.01. The fourth-order valence-corrected chi connectivity index (χ4v) is 2.07. The monoisotopic (exact) mass is 334 g/mol. The van der Waals surface area contributed by atoms with Crippen molar-refractivity contribution in [1.82, 2.24) is 4.98 Å². The Hall–Kier alpha value is -1.39. The predicted octanol–water partition coefficient (Wildman–Crippen LogP) is 4.01. The zero-order chi connectivity index (χ0) is 14.5. The smallest absolute Gasteiger partial charge is 0.214 e. The molecule has 0 radical (unpaired) electrons. The number of hydrogen-bond acceptors (Lipinski definition) is 3. The van der Waals surface area contributed by atoms with Crippen LogP contribution in [0.15, 0.2) is 40.9 Å². The van der Waals surface area contributed by atoms with E-state index in [0.717, 1.165) is 21.3 Å². The molecule has 0 saturated heterocycles. The molecule has 0 aliphatic carbocycles. The highest BCUT2D eigenvalue weighted by atomic mass is 79.9. The molecule has 0 aliphatic heterocycles. The van der Waals surface area contributed by atoms with Gasteiger partial charge in [-0.15, -0.1) is 0 Å². The van der Waals surface area contributed by atoms with E-state index in [2.05, 4.69) is 34.8 Å². The van der Waals surface area contributed by atoms with Crippen molar-refractivity contribution >= 4 is 15.9 Å². The summed E-state index contributed by atoms with van der Waals surface area (Å²) in [6.07, 6.45) is 0. The minimum Gasteiger partial charge on any atom is -0.473 e.